The highest BCUT2D eigenvalue weighted by Gasteiger charge is 2.18. The van der Waals surface area contributed by atoms with Gasteiger partial charge in [0.15, 0.2) is 0 Å². The zero-order valence-corrected chi connectivity index (χ0v) is 16.2. The van der Waals surface area contributed by atoms with Gasteiger partial charge in [0.05, 0.1) is 6.04 Å². The number of halogens is 1. The van der Waals surface area contributed by atoms with Crippen LogP contribution in [0.15, 0.2) is 53.6 Å². The molecule has 0 radical (unpaired) electrons. The number of rotatable bonds is 5. The van der Waals surface area contributed by atoms with Crippen molar-refractivity contribution >= 4 is 23.2 Å². The fourth-order valence-corrected chi connectivity index (χ4v) is 3.20. The van der Waals surface area contributed by atoms with E-state index in [4.69, 9.17) is 11.6 Å². The van der Waals surface area contributed by atoms with Gasteiger partial charge in [0, 0.05) is 24.0 Å². The second kappa shape index (κ2) is 7.90. The summed E-state index contributed by atoms with van der Waals surface area (Å²) in [6, 6.07) is 11.1. The van der Waals surface area contributed by atoms with Gasteiger partial charge in [0.25, 0.3) is 11.5 Å². The summed E-state index contributed by atoms with van der Waals surface area (Å²) in [4.78, 5) is 31.5. The Hall–Kier alpha value is -2.70. The molecule has 0 bridgehead atoms. The summed E-state index contributed by atoms with van der Waals surface area (Å²) in [5.41, 5.74) is 2.03. The fraction of sp³-hybridized carbons (Fsp3) is 0.250. The second-order valence-electron chi connectivity index (χ2n) is 6.61. The Kier molecular flexibility index (Phi) is 5.58. The van der Waals surface area contributed by atoms with Crippen LogP contribution in [0.25, 0.3) is 5.65 Å². The minimum absolute atomic E-state index is 0.0155. The molecular formula is C20H21ClN4O2. The first-order valence-corrected chi connectivity index (χ1v) is 8.93. The summed E-state index contributed by atoms with van der Waals surface area (Å²) in [5, 5.41) is 3.48. The van der Waals surface area contributed by atoms with Crippen molar-refractivity contribution < 1.29 is 4.79 Å². The molecule has 140 valence electrons. The summed E-state index contributed by atoms with van der Waals surface area (Å²) >= 11 is 6.08. The average Bonchev–Trinajstić information content (AvgIpc) is 2.62. The number of nitrogens with one attached hydrogen (secondary N) is 1. The Morgan fingerprint density at radius 1 is 1.30 bits per heavy atom. The molecule has 2 heterocycles. The van der Waals surface area contributed by atoms with E-state index in [0.717, 1.165) is 11.1 Å². The quantitative estimate of drug-likeness (QED) is 0.734. The first-order valence-electron chi connectivity index (χ1n) is 8.55. The van der Waals surface area contributed by atoms with E-state index in [1.807, 2.05) is 50.2 Å². The second-order valence-corrected chi connectivity index (χ2v) is 7.04. The van der Waals surface area contributed by atoms with Crippen LogP contribution in [0.1, 0.15) is 27.5 Å². The zero-order chi connectivity index (χ0) is 19.6. The van der Waals surface area contributed by atoms with Crippen LogP contribution in [0.4, 0.5) is 0 Å². The molecule has 7 heteroatoms. The van der Waals surface area contributed by atoms with Gasteiger partial charge in [0.1, 0.15) is 11.2 Å². The lowest BCUT2D eigenvalue weighted by Crippen LogP contribution is -2.37. The van der Waals surface area contributed by atoms with Gasteiger partial charge in [-0.15, -0.1) is 0 Å². The monoisotopic (exact) mass is 384 g/mol. The Bertz CT molecular complexity index is 1050. The summed E-state index contributed by atoms with van der Waals surface area (Å²) < 4.78 is 1.39. The minimum atomic E-state index is -0.447. The molecule has 3 aromatic rings. The molecule has 0 saturated heterocycles. The molecule has 27 heavy (non-hydrogen) atoms. The highest BCUT2D eigenvalue weighted by atomic mass is 35.5. The maximum absolute atomic E-state index is 12.6. The normalized spacial score (nSPS) is 12.3. The smallest absolute Gasteiger partial charge is 0.270 e. The molecule has 1 amide bonds. The Balaban J connectivity index is 1.83. The van der Waals surface area contributed by atoms with Gasteiger partial charge in [0.2, 0.25) is 0 Å². The van der Waals surface area contributed by atoms with Crippen molar-refractivity contribution in [3.63, 3.8) is 0 Å². The lowest BCUT2D eigenvalue weighted by molar-refractivity contribution is 0.0940. The largest absolute Gasteiger partial charge is 0.350 e. The van der Waals surface area contributed by atoms with Gasteiger partial charge in [-0.1, -0.05) is 29.8 Å². The van der Waals surface area contributed by atoms with Crippen molar-refractivity contribution in [2.45, 2.75) is 13.0 Å². The van der Waals surface area contributed by atoms with Crippen molar-refractivity contribution in [2.75, 3.05) is 20.6 Å². The molecule has 0 aliphatic rings. The van der Waals surface area contributed by atoms with Crippen molar-refractivity contribution in [1.29, 1.82) is 0 Å². The van der Waals surface area contributed by atoms with E-state index in [-0.39, 0.29) is 17.2 Å². The number of pyridine rings is 1. The molecule has 0 aliphatic heterocycles. The Morgan fingerprint density at radius 2 is 2.07 bits per heavy atom. The van der Waals surface area contributed by atoms with Crippen molar-refractivity contribution in [3.05, 3.63) is 80.9 Å². The number of nitrogens with zero attached hydrogens (tertiary/aromatic N) is 3. The number of aryl methyl sites for hydroxylation is 1. The van der Waals surface area contributed by atoms with Gasteiger partial charge in [-0.3, -0.25) is 14.0 Å². The molecule has 2 aromatic heterocycles. The molecular weight excluding hydrogens is 364 g/mol. The predicted molar refractivity (Wildman–Crippen MR) is 106 cm³/mol. The number of hydrogen-bond acceptors (Lipinski definition) is 4. The Morgan fingerprint density at radius 3 is 2.78 bits per heavy atom. The standard InChI is InChI=1S/C20H21ClN4O2/c1-13-6-5-9-25-18(13)22-11-16(20(25)27)19(26)23-12-17(24(2)3)14-7-4-8-15(21)10-14/h4-11,17H,12H2,1-3H3,(H,23,26). The summed E-state index contributed by atoms with van der Waals surface area (Å²) in [5.74, 6) is -0.447. The van der Waals surface area contributed by atoms with Crippen molar-refractivity contribution in [3.8, 4) is 0 Å². The van der Waals surface area contributed by atoms with E-state index < -0.39 is 5.91 Å². The van der Waals surface area contributed by atoms with Gasteiger partial charge in [-0.2, -0.15) is 0 Å². The maximum atomic E-state index is 12.6. The SMILES string of the molecule is Cc1cccn2c(=O)c(C(=O)NCC(c3cccc(Cl)c3)N(C)C)cnc12. The van der Waals surface area contributed by atoms with Crippen molar-refractivity contribution in [1.82, 2.24) is 19.6 Å². The third-order valence-electron chi connectivity index (χ3n) is 4.48. The first-order chi connectivity index (χ1) is 12.9. The van der Waals surface area contributed by atoms with Gasteiger partial charge >= 0.3 is 0 Å². The maximum Gasteiger partial charge on any atom is 0.270 e. The topological polar surface area (TPSA) is 66.7 Å². The summed E-state index contributed by atoms with van der Waals surface area (Å²) in [6.45, 7) is 2.20. The van der Waals surface area contributed by atoms with Crippen LogP contribution in [-0.2, 0) is 0 Å². The van der Waals surface area contributed by atoms with Crippen LogP contribution < -0.4 is 10.9 Å². The van der Waals surface area contributed by atoms with Gasteiger partial charge in [-0.05, 0) is 50.3 Å². The molecule has 1 atom stereocenters. The molecule has 1 unspecified atom stereocenters. The molecule has 3 rings (SSSR count). The van der Waals surface area contributed by atoms with Crippen LogP contribution in [0.3, 0.4) is 0 Å². The number of hydrogen-bond donors (Lipinski definition) is 1. The first kappa shape index (κ1) is 19.1. The van der Waals surface area contributed by atoms with Crippen LogP contribution in [0.5, 0.6) is 0 Å². The van der Waals surface area contributed by atoms with E-state index in [0.29, 0.717) is 17.2 Å². The van der Waals surface area contributed by atoms with Crippen LogP contribution >= 0.6 is 11.6 Å². The summed E-state index contributed by atoms with van der Waals surface area (Å²) in [6.07, 6.45) is 2.95. The number of amides is 1. The lowest BCUT2D eigenvalue weighted by atomic mass is 10.1. The number of carbonyl (C=O) groups is 1. The van der Waals surface area contributed by atoms with E-state index in [2.05, 4.69) is 10.3 Å². The predicted octanol–water partition coefficient (Wildman–Crippen LogP) is 2.69. The average molecular weight is 385 g/mol. The number of benzene rings is 1. The number of fused-ring (bicyclic) bond motifs is 1. The third kappa shape index (κ3) is 4.02. The molecule has 0 spiro atoms. The Labute approximate surface area is 162 Å². The highest BCUT2D eigenvalue weighted by molar-refractivity contribution is 6.30. The van der Waals surface area contributed by atoms with Crippen LogP contribution in [0.2, 0.25) is 5.02 Å². The molecule has 1 aromatic carbocycles. The van der Waals surface area contributed by atoms with E-state index in [9.17, 15) is 9.59 Å². The number of carbonyl (C=O) groups excluding carboxylic acids is 1. The van der Waals surface area contributed by atoms with E-state index >= 15 is 0 Å². The fourth-order valence-electron chi connectivity index (χ4n) is 3.00. The highest BCUT2D eigenvalue weighted by Crippen LogP contribution is 2.21. The zero-order valence-electron chi connectivity index (χ0n) is 15.4. The number of aromatic nitrogens is 2. The van der Waals surface area contributed by atoms with Gasteiger partial charge < -0.3 is 10.2 Å². The minimum Gasteiger partial charge on any atom is -0.350 e. The molecule has 1 N–H and O–H groups in total. The van der Waals surface area contributed by atoms with E-state index in [1.165, 1.54) is 10.6 Å². The molecule has 0 aliphatic carbocycles. The van der Waals surface area contributed by atoms with E-state index in [1.54, 1.807) is 18.3 Å². The lowest BCUT2D eigenvalue weighted by Gasteiger charge is -2.25. The van der Waals surface area contributed by atoms with Crippen LogP contribution in [-0.4, -0.2) is 40.8 Å². The molecule has 0 saturated carbocycles. The molecule has 0 fully saturated rings. The number of likely N-dealkylation sites (N-methyl/N-ethyl adjacent to an activating group) is 1. The third-order valence-corrected chi connectivity index (χ3v) is 4.72. The van der Waals surface area contributed by atoms with Gasteiger partial charge in [-0.25, -0.2) is 4.98 Å². The summed E-state index contributed by atoms with van der Waals surface area (Å²) in [7, 11) is 3.85. The van der Waals surface area contributed by atoms with Crippen LogP contribution in [0, 0.1) is 6.92 Å². The molecule has 6 nitrogen and oxygen atoms in total. The van der Waals surface area contributed by atoms with Crippen molar-refractivity contribution in [2.24, 2.45) is 0 Å².